The van der Waals surface area contributed by atoms with Crippen LogP contribution in [-0.2, 0) is 4.74 Å². The third kappa shape index (κ3) is 3.88. The first-order valence-electron chi connectivity index (χ1n) is 9.60. The molecule has 0 unspecified atom stereocenters. The lowest BCUT2D eigenvalue weighted by Gasteiger charge is -2.28. The number of hydrogen-bond donors (Lipinski definition) is 2. The zero-order chi connectivity index (χ0) is 20.5. The molecule has 2 N–H and O–H groups in total. The number of aromatic nitrogens is 2. The molecule has 1 fully saturated rings. The lowest BCUT2D eigenvalue weighted by Crippen LogP contribution is -2.42. The molecule has 2 aliphatic rings. The van der Waals surface area contributed by atoms with Gasteiger partial charge >= 0.3 is 0 Å². The SMILES string of the molecule is CN1CCN(C)c2cc(-c3nc(N[C@@H]4CCOC[C@H]4O)ncc3F)ccc2C1=O. The van der Waals surface area contributed by atoms with E-state index in [4.69, 9.17) is 4.74 Å². The number of ether oxygens (including phenoxy) is 1. The van der Waals surface area contributed by atoms with Crippen molar-refractivity contribution in [3.05, 3.63) is 35.8 Å². The second-order valence-electron chi connectivity index (χ2n) is 7.45. The van der Waals surface area contributed by atoms with E-state index in [9.17, 15) is 14.3 Å². The molecule has 8 nitrogen and oxygen atoms in total. The summed E-state index contributed by atoms with van der Waals surface area (Å²) < 4.78 is 19.8. The number of fused-ring (bicyclic) bond motifs is 1. The van der Waals surface area contributed by atoms with Crippen LogP contribution in [0.2, 0.25) is 0 Å². The van der Waals surface area contributed by atoms with E-state index in [2.05, 4.69) is 15.3 Å². The van der Waals surface area contributed by atoms with Crippen LogP contribution in [0.25, 0.3) is 11.3 Å². The van der Waals surface area contributed by atoms with Crippen molar-refractivity contribution in [1.82, 2.24) is 14.9 Å². The number of carbonyl (C=O) groups is 1. The lowest BCUT2D eigenvalue weighted by atomic mass is 10.0. The molecular weight excluding hydrogens is 377 g/mol. The highest BCUT2D eigenvalue weighted by Gasteiger charge is 2.26. The third-order valence-corrected chi connectivity index (χ3v) is 5.42. The van der Waals surface area contributed by atoms with Crippen molar-refractivity contribution in [2.75, 3.05) is 50.6 Å². The maximum atomic E-state index is 14.5. The largest absolute Gasteiger partial charge is 0.389 e. The molecular formula is C20H24FN5O3. The normalized spacial score (nSPS) is 22.3. The number of hydrogen-bond acceptors (Lipinski definition) is 7. The summed E-state index contributed by atoms with van der Waals surface area (Å²) in [4.78, 5) is 24.6. The maximum absolute atomic E-state index is 14.5. The monoisotopic (exact) mass is 401 g/mol. The number of rotatable bonds is 3. The number of aliphatic hydroxyl groups is 1. The van der Waals surface area contributed by atoms with Gasteiger partial charge < -0.3 is 25.0 Å². The Hall–Kier alpha value is -2.78. The number of anilines is 2. The molecule has 1 saturated heterocycles. The zero-order valence-electron chi connectivity index (χ0n) is 16.4. The van der Waals surface area contributed by atoms with Gasteiger partial charge in [-0.1, -0.05) is 6.07 Å². The first-order valence-corrected chi connectivity index (χ1v) is 9.60. The standard InChI is InChI=1S/C20H24FN5O3/c1-25-6-7-26(2)19(28)13-4-3-12(9-16(13)25)18-14(21)10-22-20(24-18)23-15-5-8-29-11-17(15)27/h3-4,9-10,15,17,27H,5-8,11H2,1-2H3,(H,22,23,24)/t15-,17-/m1/s1. The summed E-state index contributed by atoms with van der Waals surface area (Å²) >= 11 is 0. The van der Waals surface area contributed by atoms with Crippen LogP contribution in [0.4, 0.5) is 16.0 Å². The summed E-state index contributed by atoms with van der Waals surface area (Å²) in [6, 6.07) is 4.93. The molecule has 0 bridgehead atoms. The predicted octanol–water partition coefficient (Wildman–Crippen LogP) is 1.37. The average Bonchev–Trinajstić information content (AvgIpc) is 2.83. The minimum atomic E-state index is -0.676. The van der Waals surface area contributed by atoms with E-state index in [1.165, 1.54) is 0 Å². The van der Waals surface area contributed by atoms with Gasteiger partial charge in [-0.25, -0.2) is 14.4 Å². The number of aliphatic hydroxyl groups excluding tert-OH is 1. The Balaban J connectivity index is 1.67. The second-order valence-corrected chi connectivity index (χ2v) is 7.45. The Morgan fingerprint density at radius 3 is 2.86 bits per heavy atom. The third-order valence-electron chi connectivity index (χ3n) is 5.42. The number of nitrogens with zero attached hydrogens (tertiary/aromatic N) is 4. The Labute approximate surface area is 168 Å². The Kier molecular flexibility index (Phi) is 5.33. The van der Waals surface area contributed by atoms with E-state index in [0.29, 0.717) is 37.2 Å². The average molecular weight is 401 g/mol. The zero-order valence-corrected chi connectivity index (χ0v) is 16.4. The smallest absolute Gasteiger partial charge is 0.255 e. The highest BCUT2D eigenvalue weighted by molar-refractivity contribution is 6.01. The first kappa shape index (κ1) is 19.5. The summed E-state index contributed by atoms with van der Waals surface area (Å²) in [5.74, 6) is -0.371. The van der Waals surface area contributed by atoms with Gasteiger partial charge in [0, 0.05) is 45.0 Å². The number of halogens is 1. The summed E-state index contributed by atoms with van der Waals surface area (Å²) in [6.07, 6.45) is 1.05. The van der Waals surface area contributed by atoms with Gasteiger partial charge in [0.1, 0.15) is 5.69 Å². The highest BCUT2D eigenvalue weighted by Crippen LogP contribution is 2.30. The number of benzene rings is 1. The van der Waals surface area contributed by atoms with E-state index in [-0.39, 0.29) is 30.2 Å². The van der Waals surface area contributed by atoms with Gasteiger partial charge in [-0.2, -0.15) is 0 Å². The molecule has 0 aliphatic carbocycles. The fourth-order valence-corrected chi connectivity index (χ4v) is 3.60. The van der Waals surface area contributed by atoms with Crippen LogP contribution in [0.15, 0.2) is 24.4 Å². The van der Waals surface area contributed by atoms with Gasteiger partial charge in [0.05, 0.1) is 30.5 Å². The quantitative estimate of drug-likeness (QED) is 0.803. The second kappa shape index (κ2) is 7.92. The molecule has 0 radical (unpaired) electrons. The van der Waals surface area contributed by atoms with Crippen LogP contribution in [0, 0.1) is 5.82 Å². The van der Waals surface area contributed by atoms with Gasteiger partial charge in [-0.05, 0) is 18.6 Å². The van der Waals surface area contributed by atoms with E-state index in [1.54, 1.807) is 30.1 Å². The van der Waals surface area contributed by atoms with Crippen LogP contribution < -0.4 is 10.2 Å². The van der Waals surface area contributed by atoms with Gasteiger partial charge in [-0.15, -0.1) is 0 Å². The minimum Gasteiger partial charge on any atom is -0.389 e. The van der Waals surface area contributed by atoms with Gasteiger partial charge in [0.25, 0.3) is 5.91 Å². The molecule has 2 aliphatic heterocycles. The molecule has 1 aromatic heterocycles. The molecule has 2 atom stereocenters. The van der Waals surface area contributed by atoms with Crippen molar-refractivity contribution in [3.8, 4) is 11.3 Å². The van der Waals surface area contributed by atoms with Gasteiger partial charge in [-0.3, -0.25) is 4.79 Å². The van der Waals surface area contributed by atoms with E-state index in [1.807, 2.05) is 11.9 Å². The first-order chi connectivity index (χ1) is 13.9. The van der Waals surface area contributed by atoms with Gasteiger partial charge in [0.2, 0.25) is 5.95 Å². The molecule has 3 heterocycles. The molecule has 0 saturated carbocycles. The number of amides is 1. The van der Waals surface area contributed by atoms with E-state index >= 15 is 0 Å². The van der Waals surface area contributed by atoms with Crippen molar-refractivity contribution in [2.24, 2.45) is 0 Å². The van der Waals surface area contributed by atoms with E-state index < -0.39 is 11.9 Å². The Morgan fingerprint density at radius 2 is 2.07 bits per heavy atom. The summed E-state index contributed by atoms with van der Waals surface area (Å²) in [6.45, 7) is 2.07. The van der Waals surface area contributed by atoms with Crippen LogP contribution in [0.1, 0.15) is 16.8 Å². The van der Waals surface area contributed by atoms with Crippen molar-refractivity contribution in [2.45, 2.75) is 18.6 Å². The van der Waals surface area contributed by atoms with Gasteiger partial charge in [0.15, 0.2) is 5.82 Å². The van der Waals surface area contributed by atoms with Crippen molar-refractivity contribution < 1.29 is 19.0 Å². The van der Waals surface area contributed by atoms with Crippen LogP contribution >= 0.6 is 0 Å². The predicted molar refractivity (Wildman–Crippen MR) is 107 cm³/mol. The summed E-state index contributed by atoms with van der Waals surface area (Å²) in [5.41, 5.74) is 2.02. The van der Waals surface area contributed by atoms with Crippen molar-refractivity contribution in [3.63, 3.8) is 0 Å². The molecule has 2 aromatic rings. The summed E-state index contributed by atoms with van der Waals surface area (Å²) in [5, 5.41) is 13.1. The van der Waals surface area contributed by atoms with Crippen LogP contribution in [-0.4, -0.2) is 78.4 Å². The van der Waals surface area contributed by atoms with Crippen LogP contribution in [0.5, 0.6) is 0 Å². The van der Waals surface area contributed by atoms with Crippen molar-refractivity contribution >= 4 is 17.5 Å². The molecule has 4 rings (SSSR count). The number of likely N-dealkylation sites (N-methyl/N-ethyl adjacent to an activating group) is 2. The number of carbonyl (C=O) groups excluding carboxylic acids is 1. The Bertz CT molecular complexity index is 925. The Morgan fingerprint density at radius 1 is 1.28 bits per heavy atom. The highest BCUT2D eigenvalue weighted by atomic mass is 19.1. The fraction of sp³-hybridized carbons (Fsp3) is 0.450. The molecule has 29 heavy (non-hydrogen) atoms. The van der Waals surface area contributed by atoms with Crippen LogP contribution in [0.3, 0.4) is 0 Å². The van der Waals surface area contributed by atoms with Crippen molar-refractivity contribution in [1.29, 1.82) is 0 Å². The molecule has 154 valence electrons. The fourth-order valence-electron chi connectivity index (χ4n) is 3.60. The topological polar surface area (TPSA) is 90.8 Å². The molecule has 1 amide bonds. The molecule has 0 spiro atoms. The summed E-state index contributed by atoms with van der Waals surface area (Å²) in [7, 11) is 3.68. The number of nitrogens with one attached hydrogen (secondary N) is 1. The lowest BCUT2D eigenvalue weighted by molar-refractivity contribution is -0.0136. The molecule has 1 aromatic carbocycles. The minimum absolute atomic E-state index is 0.0603. The molecule has 9 heteroatoms. The maximum Gasteiger partial charge on any atom is 0.255 e. The van der Waals surface area contributed by atoms with E-state index in [0.717, 1.165) is 11.9 Å².